The third kappa shape index (κ3) is 1.91. The number of hydrogen-bond donors (Lipinski definition) is 1. The van der Waals surface area contributed by atoms with Crippen LogP contribution in [0.2, 0.25) is 0 Å². The summed E-state index contributed by atoms with van der Waals surface area (Å²) in [5, 5.41) is 11.4. The predicted molar refractivity (Wildman–Crippen MR) is 57.6 cm³/mol. The summed E-state index contributed by atoms with van der Waals surface area (Å²) in [5.41, 5.74) is 6.61. The summed E-state index contributed by atoms with van der Waals surface area (Å²) < 4.78 is 0.904. The Bertz CT molecular complexity index is 326. The zero-order chi connectivity index (χ0) is 9.42. The van der Waals surface area contributed by atoms with Gasteiger partial charge < -0.3 is 10.9 Å². The van der Waals surface area contributed by atoms with Gasteiger partial charge in [-0.05, 0) is 18.6 Å². The van der Waals surface area contributed by atoms with Crippen molar-refractivity contribution in [1.82, 2.24) is 0 Å². The van der Waals surface area contributed by atoms with E-state index >= 15 is 0 Å². The van der Waals surface area contributed by atoms with Crippen LogP contribution in [0.4, 0.5) is 5.82 Å². The molecule has 14 heavy (non-hydrogen) atoms. The quantitative estimate of drug-likeness (QED) is 0.538. The van der Waals surface area contributed by atoms with Gasteiger partial charge in [-0.1, -0.05) is 0 Å². The van der Waals surface area contributed by atoms with Gasteiger partial charge in [0.15, 0.2) is 0 Å². The predicted octanol–water partition coefficient (Wildman–Crippen LogP) is 0.198. The van der Waals surface area contributed by atoms with Crippen molar-refractivity contribution < 1.29 is 4.73 Å². The normalized spacial score (nSPS) is 16.0. The molecule has 0 bridgehead atoms. The van der Waals surface area contributed by atoms with Gasteiger partial charge in [-0.2, -0.15) is 0 Å². The van der Waals surface area contributed by atoms with E-state index in [4.69, 9.17) is 5.73 Å². The maximum atomic E-state index is 11.4. The molecule has 0 aliphatic carbocycles. The number of hydrogen-bond acceptors (Lipinski definition) is 3. The first-order valence-electron chi connectivity index (χ1n) is 4.37. The number of nitrogens with two attached hydrogens (primary N) is 1. The van der Waals surface area contributed by atoms with Crippen molar-refractivity contribution in [3.05, 3.63) is 29.1 Å². The number of aryl methyl sites for hydroxylation is 1. The molecule has 1 aromatic heterocycles. The lowest BCUT2D eigenvalue weighted by Gasteiger charge is -2.32. The highest BCUT2D eigenvalue weighted by Crippen LogP contribution is 2.15. The van der Waals surface area contributed by atoms with Crippen LogP contribution in [0.25, 0.3) is 0 Å². The lowest BCUT2D eigenvalue weighted by Crippen LogP contribution is -2.58. The fraction of sp³-hybridized carbons (Fsp3) is 0.444. The summed E-state index contributed by atoms with van der Waals surface area (Å²) in [5.74, 6) is 0.701. The largest absolute Gasteiger partial charge is 0.711 e. The number of anilines is 1. The first-order valence-corrected chi connectivity index (χ1v) is 4.37. The second-order valence-corrected chi connectivity index (χ2v) is 3.56. The van der Waals surface area contributed by atoms with Gasteiger partial charge in [-0.3, -0.25) is 4.90 Å². The highest BCUT2D eigenvalue weighted by Gasteiger charge is 2.31. The Labute approximate surface area is 89.3 Å². The SMILES string of the molecule is Cc1ccc(N2CC(N)C2)[n+]([O-])c1.Cl. The van der Waals surface area contributed by atoms with Crippen molar-refractivity contribution in [2.75, 3.05) is 18.0 Å². The van der Waals surface area contributed by atoms with Gasteiger partial charge in [-0.25, -0.2) is 4.73 Å². The molecule has 0 atom stereocenters. The number of rotatable bonds is 1. The molecule has 0 radical (unpaired) electrons. The van der Waals surface area contributed by atoms with E-state index in [1.165, 1.54) is 0 Å². The Morgan fingerprint density at radius 3 is 2.64 bits per heavy atom. The summed E-state index contributed by atoms with van der Waals surface area (Å²) in [6.45, 7) is 3.47. The van der Waals surface area contributed by atoms with Gasteiger partial charge in [0.1, 0.15) is 13.1 Å². The summed E-state index contributed by atoms with van der Waals surface area (Å²) in [6.07, 6.45) is 1.58. The molecule has 4 nitrogen and oxygen atoms in total. The van der Waals surface area contributed by atoms with E-state index in [-0.39, 0.29) is 18.4 Å². The van der Waals surface area contributed by atoms with Crippen LogP contribution in [0.5, 0.6) is 0 Å². The minimum absolute atomic E-state index is 0. The first-order chi connectivity index (χ1) is 6.16. The zero-order valence-electron chi connectivity index (χ0n) is 8.01. The highest BCUT2D eigenvalue weighted by atomic mass is 35.5. The maximum Gasteiger partial charge on any atom is 0.279 e. The Morgan fingerprint density at radius 2 is 2.14 bits per heavy atom. The van der Waals surface area contributed by atoms with E-state index < -0.39 is 0 Å². The minimum atomic E-state index is 0. The Balaban J connectivity index is 0.000000980. The van der Waals surface area contributed by atoms with Crippen LogP contribution >= 0.6 is 12.4 Å². The minimum Gasteiger partial charge on any atom is -0.711 e. The van der Waals surface area contributed by atoms with E-state index in [1.54, 1.807) is 6.20 Å². The molecule has 1 aliphatic heterocycles. The molecule has 0 aromatic carbocycles. The third-order valence-corrected chi connectivity index (χ3v) is 2.28. The molecule has 2 N–H and O–H groups in total. The number of aromatic nitrogens is 1. The number of pyridine rings is 1. The van der Waals surface area contributed by atoms with Crippen LogP contribution in [0, 0.1) is 12.1 Å². The molecule has 0 unspecified atom stereocenters. The molecule has 1 aromatic rings. The van der Waals surface area contributed by atoms with Crippen molar-refractivity contribution in [2.45, 2.75) is 13.0 Å². The third-order valence-electron chi connectivity index (χ3n) is 2.28. The van der Waals surface area contributed by atoms with Crippen LogP contribution in [0.3, 0.4) is 0 Å². The molecule has 0 saturated carbocycles. The molecular weight excluding hydrogens is 202 g/mol. The second-order valence-electron chi connectivity index (χ2n) is 3.56. The monoisotopic (exact) mass is 215 g/mol. The molecule has 1 aliphatic rings. The van der Waals surface area contributed by atoms with Gasteiger partial charge in [-0.15, -0.1) is 12.4 Å². The van der Waals surface area contributed by atoms with Crippen molar-refractivity contribution in [2.24, 2.45) is 5.73 Å². The molecule has 5 heteroatoms. The van der Waals surface area contributed by atoms with E-state index in [9.17, 15) is 5.21 Å². The van der Waals surface area contributed by atoms with Crippen molar-refractivity contribution in [3.8, 4) is 0 Å². The molecule has 0 amide bonds. The smallest absolute Gasteiger partial charge is 0.279 e. The van der Waals surface area contributed by atoms with Crippen molar-refractivity contribution in [3.63, 3.8) is 0 Å². The van der Waals surface area contributed by atoms with E-state index in [0.29, 0.717) is 5.82 Å². The molecular formula is C9H14ClN3O. The molecule has 1 saturated heterocycles. The van der Waals surface area contributed by atoms with Gasteiger partial charge in [0.05, 0.1) is 12.2 Å². The summed E-state index contributed by atoms with van der Waals surface area (Å²) in [6, 6.07) is 4.00. The summed E-state index contributed by atoms with van der Waals surface area (Å²) >= 11 is 0. The van der Waals surface area contributed by atoms with Crippen LogP contribution in [-0.2, 0) is 0 Å². The average Bonchev–Trinajstić information content (AvgIpc) is 2.00. The number of halogens is 1. The van der Waals surface area contributed by atoms with Crippen molar-refractivity contribution >= 4 is 18.2 Å². The molecule has 0 spiro atoms. The lowest BCUT2D eigenvalue weighted by molar-refractivity contribution is -0.593. The molecule has 1 fully saturated rings. The molecule has 2 rings (SSSR count). The zero-order valence-corrected chi connectivity index (χ0v) is 8.83. The summed E-state index contributed by atoms with van der Waals surface area (Å²) in [7, 11) is 0. The van der Waals surface area contributed by atoms with Crippen LogP contribution in [0.15, 0.2) is 18.3 Å². The number of nitrogens with zero attached hydrogens (tertiary/aromatic N) is 2. The Hall–Kier alpha value is -1.00. The average molecular weight is 216 g/mol. The van der Waals surface area contributed by atoms with E-state index in [1.807, 2.05) is 24.0 Å². The Morgan fingerprint density at radius 1 is 1.50 bits per heavy atom. The Kier molecular flexibility index (Phi) is 3.18. The summed E-state index contributed by atoms with van der Waals surface area (Å²) in [4.78, 5) is 1.98. The van der Waals surface area contributed by atoms with Crippen LogP contribution in [0.1, 0.15) is 5.56 Å². The van der Waals surface area contributed by atoms with E-state index in [0.717, 1.165) is 23.4 Å². The van der Waals surface area contributed by atoms with Crippen molar-refractivity contribution in [1.29, 1.82) is 0 Å². The van der Waals surface area contributed by atoms with Gasteiger partial charge in [0, 0.05) is 6.07 Å². The highest BCUT2D eigenvalue weighted by molar-refractivity contribution is 5.85. The fourth-order valence-electron chi connectivity index (χ4n) is 1.52. The van der Waals surface area contributed by atoms with Gasteiger partial charge in [0.2, 0.25) is 0 Å². The molecule has 78 valence electrons. The van der Waals surface area contributed by atoms with E-state index in [2.05, 4.69) is 0 Å². The second kappa shape index (κ2) is 4.02. The lowest BCUT2D eigenvalue weighted by atomic mass is 10.1. The van der Waals surface area contributed by atoms with Gasteiger partial charge in [0.25, 0.3) is 5.82 Å². The topological polar surface area (TPSA) is 56.2 Å². The molecule has 2 heterocycles. The maximum absolute atomic E-state index is 11.4. The standard InChI is InChI=1S/C9H13N3O.ClH/c1-7-2-3-9(12(13)4-7)11-5-8(10)6-11;/h2-4,8H,5-6,10H2,1H3;1H. The van der Waals surface area contributed by atoms with Crippen LogP contribution in [-0.4, -0.2) is 19.1 Å². The first kappa shape index (κ1) is 11.1. The van der Waals surface area contributed by atoms with Gasteiger partial charge >= 0.3 is 0 Å². The fourth-order valence-corrected chi connectivity index (χ4v) is 1.52. The van der Waals surface area contributed by atoms with Crippen LogP contribution < -0.4 is 15.4 Å².